The first-order chi connectivity index (χ1) is 7.13. The Labute approximate surface area is 95.0 Å². The second-order valence-electron chi connectivity index (χ2n) is 3.43. The smallest absolute Gasteiger partial charge is 0.130 e. The van der Waals surface area contributed by atoms with Crippen LogP contribution in [0.1, 0.15) is 18.9 Å². The molecule has 1 rings (SSSR count). The SMILES string of the molecule is COc1ccc(SCCC(C)=O)c(C)c1. The van der Waals surface area contributed by atoms with Gasteiger partial charge in [0.15, 0.2) is 0 Å². The summed E-state index contributed by atoms with van der Waals surface area (Å²) in [4.78, 5) is 12.0. The van der Waals surface area contributed by atoms with E-state index in [1.165, 1.54) is 10.5 Å². The first-order valence-electron chi connectivity index (χ1n) is 4.90. The highest BCUT2D eigenvalue weighted by atomic mass is 32.2. The zero-order valence-electron chi connectivity index (χ0n) is 9.37. The third kappa shape index (κ3) is 3.96. The van der Waals surface area contributed by atoms with Crippen molar-refractivity contribution in [1.82, 2.24) is 0 Å². The van der Waals surface area contributed by atoms with Crippen LogP contribution in [0.25, 0.3) is 0 Å². The molecule has 0 amide bonds. The molecule has 2 nitrogen and oxygen atoms in total. The summed E-state index contributed by atoms with van der Waals surface area (Å²) in [7, 11) is 1.66. The molecule has 1 aromatic carbocycles. The quantitative estimate of drug-likeness (QED) is 0.719. The molecule has 0 N–H and O–H groups in total. The van der Waals surface area contributed by atoms with E-state index < -0.39 is 0 Å². The molecule has 0 aliphatic rings. The molecule has 0 bridgehead atoms. The van der Waals surface area contributed by atoms with E-state index in [2.05, 4.69) is 6.92 Å². The number of benzene rings is 1. The van der Waals surface area contributed by atoms with Crippen molar-refractivity contribution in [3.63, 3.8) is 0 Å². The fraction of sp³-hybridized carbons (Fsp3) is 0.417. The molecule has 0 aliphatic heterocycles. The van der Waals surface area contributed by atoms with Crippen molar-refractivity contribution in [3.8, 4) is 5.75 Å². The van der Waals surface area contributed by atoms with E-state index in [4.69, 9.17) is 4.74 Å². The van der Waals surface area contributed by atoms with Crippen LogP contribution in [0.5, 0.6) is 5.75 Å². The third-order valence-electron chi connectivity index (χ3n) is 2.09. The molecule has 0 radical (unpaired) electrons. The van der Waals surface area contributed by atoms with Gasteiger partial charge in [0.1, 0.15) is 11.5 Å². The Morgan fingerprint density at radius 2 is 2.20 bits per heavy atom. The lowest BCUT2D eigenvalue weighted by atomic mass is 10.2. The van der Waals surface area contributed by atoms with Gasteiger partial charge >= 0.3 is 0 Å². The zero-order chi connectivity index (χ0) is 11.3. The standard InChI is InChI=1S/C12H16O2S/c1-9-8-11(14-3)4-5-12(9)15-7-6-10(2)13/h4-5,8H,6-7H2,1-3H3. The molecule has 3 heteroatoms. The van der Waals surface area contributed by atoms with Gasteiger partial charge in [-0.3, -0.25) is 4.79 Å². The van der Waals surface area contributed by atoms with Crippen LogP contribution in [0.2, 0.25) is 0 Å². The van der Waals surface area contributed by atoms with Crippen LogP contribution in [-0.4, -0.2) is 18.6 Å². The van der Waals surface area contributed by atoms with E-state index in [-0.39, 0.29) is 5.78 Å². The molecule has 0 saturated carbocycles. The number of methoxy groups -OCH3 is 1. The molecular weight excluding hydrogens is 208 g/mol. The summed E-state index contributed by atoms with van der Waals surface area (Å²) in [5, 5.41) is 0. The van der Waals surface area contributed by atoms with Gasteiger partial charge < -0.3 is 4.74 Å². The molecule has 0 saturated heterocycles. The van der Waals surface area contributed by atoms with E-state index in [1.54, 1.807) is 25.8 Å². The summed E-state index contributed by atoms with van der Waals surface area (Å²) >= 11 is 1.72. The summed E-state index contributed by atoms with van der Waals surface area (Å²) in [6.07, 6.45) is 0.635. The van der Waals surface area contributed by atoms with E-state index in [9.17, 15) is 4.79 Å². The van der Waals surface area contributed by atoms with Gasteiger partial charge in [0.2, 0.25) is 0 Å². The van der Waals surface area contributed by atoms with Gasteiger partial charge in [-0.2, -0.15) is 0 Å². The monoisotopic (exact) mass is 224 g/mol. The number of carbonyl (C=O) groups excluding carboxylic acids is 1. The number of aryl methyl sites for hydroxylation is 1. The summed E-state index contributed by atoms with van der Waals surface area (Å²) in [6, 6.07) is 6.00. The van der Waals surface area contributed by atoms with E-state index in [0.717, 1.165) is 11.5 Å². The maximum Gasteiger partial charge on any atom is 0.130 e. The topological polar surface area (TPSA) is 26.3 Å². The van der Waals surface area contributed by atoms with E-state index in [0.29, 0.717) is 6.42 Å². The van der Waals surface area contributed by atoms with E-state index >= 15 is 0 Å². The molecule has 0 fully saturated rings. The van der Waals surface area contributed by atoms with Crippen LogP contribution in [0, 0.1) is 6.92 Å². The normalized spacial score (nSPS) is 10.1. The lowest BCUT2D eigenvalue weighted by Gasteiger charge is -2.06. The minimum atomic E-state index is 0.244. The number of Topliss-reactive ketones (excluding diaryl/α,β-unsaturated/α-hetero) is 1. The van der Waals surface area contributed by atoms with E-state index in [1.807, 2.05) is 18.2 Å². The number of hydrogen-bond donors (Lipinski definition) is 0. The summed E-state index contributed by atoms with van der Waals surface area (Å²) in [5.41, 5.74) is 1.20. The van der Waals surface area contributed by atoms with Gasteiger partial charge in [-0.25, -0.2) is 0 Å². The average molecular weight is 224 g/mol. The molecule has 0 spiro atoms. The maximum atomic E-state index is 10.8. The second kappa shape index (κ2) is 5.81. The molecule has 0 atom stereocenters. The first-order valence-corrected chi connectivity index (χ1v) is 5.89. The fourth-order valence-electron chi connectivity index (χ4n) is 1.22. The van der Waals surface area contributed by atoms with Gasteiger partial charge in [-0.1, -0.05) is 0 Å². The number of ketones is 1. The van der Waals surface area contributed by atoms with Crippen LogP contribution in [0.3, 0.4) is 0 Å². The van der Waals surface area contributed by atoms with Crippen LogP contribution in [0.15, 0.2) is 23.1 Å². The Bertz CT molecular complexity index is 347. The summed E-state index contributed by atoms with van der Waals surface area (Å²) in [5.74, 6) is 1.97. The second-order valence-corrected chi connectivity index (χ2v) is 4.57. The van der Waals surface area contributed by atoms with Crippen LogP contribution in [-0.2, 0) is 4.79 Å². The molecule has 82 valence electrons. The van der Waals surface area contributed by atoms with Crippen LogP contribution < -0.4 is 4.74 Å². The van der Waals surface area contributed by atoms with Gasteiger partial charge in [-0.05, 0) is 37.6 Å². The van der Waals surface area contributed by atoms with Crippen molar-refractivity contribution >= 4 is 17.5 Å². The highest BCUT2D eigenvalue weighted by molar-refractivity contribution is 7.99. The molecule has 15 heavy (non-hydrogen) atoms. The molecule has 0 heterocycles. The van der Waals surface area contributed by atoms with Gasteiger partial charge in [0.25, 0.3) is 0 Å². The highest BCUT2D eigenvalue weighted by Crippen LogP contribution is 2.26. The number of thioether (sulfide) groups is 1. The molecule has 0 aliphatic carbocycles. The Kier molecular flexibility index (Phi) is 4.69. The van der Waals surface area contributed by atoms with Crippen molar-refractivity contribution in [2.45, 2.75) is 25.2 Å². The summed E-state index contributed by atoms with van der Waals surface area (Å²) < 4.78 is 5.13. The maximum absolute atomic E-state index is 10.8. The molecule has 0 aromatic heterocycles. The molecule has 0 unspecified atom stereocenters. The van der Waals surface area contributed by atoms with Gasteiger partial charge in [-0.15, -0.1) is 11.8 Å². The lowest BCUT2D eigenvalue weighted by Crippen LogP contribution is -1.92. The Balaban J connectivity index is 2.58. The zero-order valence-corrected chi connectivity index (χ0v) is 10.2. The largest absolute Gasteiger partial charge is 0.497 e. The van der Waals surface area contributed by atoms with Crippen molar-refractivity contribution in [2.75, 3.05) is 12.9 Å². The van der Waals surface area contributed by atoms with Gasteiger partial charge in [0, 0.05) is 17.1 Å². The highest BCUT2D eigenvalue weighted by Gasteiger charge is 2.01. The first kappa shape index (κ1) is 12.1. The number of carbonyl (C=O) groups is 1. The average Bonchev–Trinajstić information content (AvgIpc) is 2.20. The van der Waals surface area contributed by atoms with Crippen molar-refractivity contribution in [1.29, 1.82) is 0 Å². The Morgan fingerprint density at radius 1 is 1.47 bits per heavy atom. The Hall–Kier alpha value is -0.960. The number of rotatable bonds is 5. The van der Waals surface area contributed by atoms with Crippen molar-refractivity contribution in [3.05, 3.63) is 23.8 Å². The number of ether oxygens (including phenoxy) is 1. The van der Waals surface area contributed by atoms with Crippen LogP contribution >= 0.6 is 11.8 Å². The minimum Gasteiger partial charge on any atom is -0.497 e. The van der Waals surface area contributed by atoms with Crippen molar-refractivity contribution < 1.29 is 9.53 Å². The van der Waals surface area contributed by atoms with Gasteiger partial charge in [0.05, 0.1) is 7.11 Å². The minimum absolute atomic E-state index is 0.244. The third-order valence-corrected chi connectivity index (χ3v) is 3.27. The molecule has 1 aromatic rings. The fourth-order valence-corrected chi connectivity index (χ4v) is 2.28. The number of hydrogen-bond acceptors (Lipinski definition) is 3. The predicted octanol–water partition coefficient (Wildman–Crippen LogP) is 3.07. The Morgan fingerprint density at radius 3 is 2.73 bits per heavy atom. The molecular formula is C12H16O2S. The van der Waals surface area contributed by atoms with Crippen LogP contribution in [0.4, 0.5) is 0 Å². The summed E-state index contributed by atoms with van der Waals surface area (Å²) in [6.45, 7) is 3.68. The lowest BCUT2D eigenvalue weighted by molar-refractivity contribution is -0.116. The predicted molar refractivity (Wildman–Crippen MR) is 63.8 cm³/mol. The van der Waals surface area contributed by atoms with Crippen molar-refractivity contribution in [2.24, 2.45) is 0 Å².